The number of carbonyl (C=O) groups excluding carboxylic acids is 1. The van der Waals surface area contributed by atoms with E-state index in [1.807, 2.05) is 0 Å². The van der Waals surface area contributed by atoms with E-state index in [0.717, 1.165) is 12.8 Å². The van der Waals surface area contributed by atoms with Crippen molar-refractivity contribution in [3.63, 3.8) is 0 Å². The second-order valence-corrected chi connectivity index (χ2v) is 7.21. The smallest absolute Gasteiger partial charge is 0.281 e. The van der Waals surface area contributed by atoms with E-state index in [1.54, 1.807) is 34.7 Å². The Bertz CT molecular complexity index is 1080. The maximum atomic E-state index is 13.8. The van der Waals surface area contributed by atoms with Crippen LogP contribution in [0.2, 0.25) is 0 Å². The molecule has 28 heavy (non-hydrogen) atoms. The fourth-order valence-corrected chi connectivity index (χ4v) is 3.70. The molecular weight excluding hydrogens is 363 g/mol. The molecule has 0 spiro atoms. The van der Waals surface area contributed by atoms with Crippen LogP contribution in [0.15, 0.2) is 29.1 Å². The molecule has 1 saturated heterocycles. The van der Waals surface area contributed by atoms with Gasteiger partial charge in [0.05, 0.1) is 6.42 Å². The Morgan fingerprint density at radius 1 is 1.36 bits per heavy atom. The quantitative estimate of drug-likeness (QED) is 0.734. The number of amides is 1. The van der Waals surface area contributed by atoms with Crippen LogP contribution in [-0.4, -0.2) is 48.9 Å². The summed E-state index contributed by atoms with van der Waals surface area (Å²) in [4.78, 5) is 33.3. The Morgan fingerprint density at radius 3 is 3.00 bits per heavy atom. The van der Waals surface area contributed by atoms with Gasteiger partial charge in [0.25, 0.3) is 5.56 Å². The first kappa shape index (κ1) is 18.3. The summed E-state index contributed by atoms with van der Waals surface area (Å²) in [6.07, 6.45) is 1.86. The number of aryl methyl sites for hydroxylation is 1. The Morgan fingerprint density at radius 2 is 2.18 bits per heavy atom. The van der Waals surface area contributed by atoms with Gasteiger partial charge in [-0.3, -0.25) is 9.59 Å². The van der Waals surface area contributed by atoms with Gasteiger partial charge in [-0.2, -0.15) is 0 Å². The first-order valence-electron chi connectivity index (χ1n) is 9.32. The monoisotopic (exact) mass is 384 g/mol. The zero-order valence-corrected chi connectivity index (χ0v) is 15.6. The lowest BCUT2D eigenvalue weighted by atomic mass is 9.97. The zero-order valence-electron chi connectivity index (χ0n) is 15.6. The molecule has 2 aromatic heterocycles. The minimum atomic E-state index is -0.356. The molecule has 1 aliphatic rings. The lowest BCUT2D eigenvalue weighted by Crippen LogP contribution is -2.42. The van der Waals surface area contributed by atoms with Crippen LogP contribution in [0, 0.1) is 18.7 Å². The fourth-order valence-electron chi connectivity index (χ4n) is 3.70. The molecular formula is C19H21FN6O2. The van der Waals surface area contributed by atoms with Crippen LogP contribution in [0.1, 0.15) is 24.2 Å². The minimum Gasteiger partial charge on any atom is -0.342 e. The lowest BCUT2D eigenvalue weighted by molar-refractivity contribution is -0.132. The standard InChI is InChI=1S/C19H21FN6O2/c1-12-21-18-17(19(28)22-12)23-24-26(18)11-13-5-4-8-25(10-13)16(27)9-14-6-2-3-7-15(14)20/h2-3,6-7,13H,4-5,8-11H2,1H3,(H,21,22,28)/t13-/m1/s1. The number of piperidine rings is 1. The number of fused-ring (bicyclic) bond motifs is 1. The third-order valence-corrected chi connectivity index (χ3v) is 5.09. The maximum Gasteiger partial charge on any atom is 0.281 e. The summed E-state index contributed by atoms with van der Waals surface area (Å²) in [7, 11) is 0. The highest BCUT2D eigenvalue weighted by molar-refractivity contribution is 5.79. The molecule has 4 rings (SSSR count). The number of hydrogen-bond acceptors (Lipinski definition) is 5. The van der Waals surface area contributed by atoms with Crippen LogP contribution in [0.3, 0.4) is 0 Å². The summed E-state index contributed by atoms with van der Waals surface area (Å²) in [6.45, 7) is 3.47. The number of nitrogens with one attached hydrogen (secondary N) is 1. The SMILES string of the molecule is Cc1nc2c(nnn2C[C@@H]2CCCN(C(=O)Cc3ccccc3F)C2)c(=O)[nH]1. The summed E-state index contributed by atoms with van der Waals surface area (Å²) < 4.78 is 15.5. The highest BCUT2D eigenvalue weighted by Crippen LogP contribution is 2.20. The lowest BCUT2D eigenvalue weighted by Gasteiger charge is -2.32. The number of nitrogens with zero attached hydrogens (tertiary/aromatic N) is 5. The number of rotatable bonds is 4. The van der Waals surface area contributed by atoms with Gasteiger partial charge in [-0.15, -0.1) is 5.10 Å². The second kappa shape index (κ2) is 7.49. The van der Waals surface area contributed by atoms with E-state index in [9.17, 15) is 14.0 Å². The number of aromatic nitrogens is 5. The molecule has 1 atom stereocenters. The number of halogens is 1. The fraction of sp³-hybridized carbons (Fsp3) is 0.421. The van der Waals surface area contributed by atoms with Crippen molar-refractivity contribution < 1.29 is 9.18 Å². The third-order valence-electron chi connectivity index (χ3n) is 5.09. The normalized spacial score (nSPS) is 17.2. The molecule has 0 unspecified atom stereocenters. The average molecular weight is 384 g/mol. The van der Waals surface area contributed by atoms with Crippen LogP contribution in [0.25, 0.3) is 11.2 Å². The van der Waals surface area contributed by atoms with E-state index >= 15 is 0 Å². The predicted molar refractivity (Wildman–Crippen MR) is 100 cm³/mol. The van der Waals surface area contributed by atoms with Crippen LogP contribution < -0.4 is 5.56 Å². The molecule has 8 nitrogen and oxygen atoms in total. The molecule has 1 amide bonds. The highest BCUT2D eigenvalue weighted by atomic mass is 19.1. The number of aromatic amines is 1. The van der Waals surface area contributed by atoms with Gasteiger partial charge in [-0.1, -0.05) is 23.4 Å². The van der Waals surface area contributed by atoms with Crippen molar-refractivity contribution in [2.45, 2.75) is 32.7 Å². The number of H-pyrrole nitrogens is 1. The Kier molecular flexibility index (Phi) is 4.89. The van der Waals surface area contributed by atoms with Crippen molar-refractivity contribution in [1.82, 2.24) is 29.9 Å². The van der Waals surface area contributed by atoms with Gasteiger partial charge < -0.3 is 9.88 Å². The third kappa shape index (κ3) is 3.64. The van der Waals surface area contributed by atoms with Crippen molar-refractivity contribution >= 4 is 17.1 Å². The Hall–Kier alpha value is -3.10. The topological polar surface area (TPSA) is 96.8 Å². The van der Waals surface area contributed by atoms with Gasteiger partial charge in [0.2, 0.25) is 5.91 Å². The van der Waals surface area contributed by atoms with E-state index in [1.165, 1.54) is 6.07 Å². The summed E-state index contributed by atoms with van der Waals surface area (Å²) >= 11 is 0. The molecule has 146 valence electrons. The van der Waals surface area contributed by atoms with Gasteiger partial charge in [-0.05, 0) is 37.3 Å². The van der Waals surface area contributed by atoms with Gasteiger partial charge in [0.1, 0.15) is 11.6 Å². The van der Waals surface area contributed by atoms with E-state index in [0.29, 0.717) is 36.7 Å². The molecule has 1 aliphatic heterocycles. The molecule has 3 aromatic rings. The van der Waals surface area contributed by atoms with Crippen LogP contribution in [0.4, 0.5) is 4.39 Å². The molecule has 1 fully saturated rings. The highest BCUT2D eigenvalue weighted by Gasteiger charge is 2.25. The number of benzene rings is 1. The van der Waals surface area contributed by atoms with Crippen molar-refractivity contribution in [1.29, 1.82) is 0 Å². The van der Waals surface area contributed by atoms with E-state index < -0.39 is 0 Å². The van der Waals surface area contributed by atoms with Crippen molar-refractivity contribution in [2.75, 3.05) is 13.1 Å². The maximum absolute atomic E-state index is 13.8. The van der Waals surface area contributed by atoms with Crippen molar-refractivity contribution in [3.05, 3.63) is 51.8 Å². The van der Waals surface area contributed by atoms with E-state index in [4.69, 9.17) is 0 Å². The molecule has 3 heterocycles. The molecule has 0 saturated carbocycles. The number of carbonyl (C=O) groups is 1. The predicted octanol–water partition coefficient (Wildman–Crippen LogP) is 1.44. The number of hydrogen-bond donors (Lipinski definition) is 1. The van der Waals surface area contributed by atoms with Gasteiger partial charge in [0, 0.05) is 19.6 Å². The summed E-state index contributed by atoms with van der Waals surface area (Å²) in [5.41, 5.74) is 0.778. The van der Waals surface area contributed by atoms with Crippen molar-refractivity contribution in [2.24, 2.45) is 5.92 Å². The van der Waals surface area contributed by atoms with Gasteiger partial charge >= 0.3 is 0 Å². The van der Waals surface area contributed by atoms with E-state index in [-0.39, 0.29) is 35.1 Å². The van der Waals surface area contributed by atoms with Crippen LogP contribution in [-0.2, 0) is 17.8 Å². The number of likely N-dealkylation sites (tertiary alicyclic amines) is 1. The summed E-state index contributed by atoms with van der Waals surface area (Å²) in [6, 6.07) is 6.36. The molecule has 1 aromatic carbocycles. The van der Waals surface area contributed by atoms with Crippen LogP contribution in [0.5, 0.6) is 0 Å². The average Bonchev–Trinajstić information content (AvgIpc) is 3.07. The summed E-state index contributed by atoms with van der Waals surface area (Å²) in [5.74, 6) is 0.241. The van der Waals surface area contributed by atoms with E-state index in [2.05, 4.69) is 20.3 Å². The molecule has 0 aliphatic carbocycles. The van der Waals surface area contributed by atoms with Crippen LogP contribution >= 0.6 is 0 Å². The zero-order chi connectivity index (χ0) is 19.7. The van der Waals surface area contributed by atoms with Crippen molar-refractivity contribution in [3.8, 4) is 0 Å². The molecule has 0 radical (unpaired) electrons. The Labute approximate surface area is 160 Å². The first-order valence-corrected chi connectivity index (χ1v) is 9.32. The molecule has 0 bridgehead atoms. The van der Waals surface area contributed by atoms with Gasteiger partial charge in [-0.25, -0.2) is 14.1 Å². The second-order valence-electron chi connectivity index (χ2n) is 7.21. The largest absolute Gasteiger partial charge is 0.342 e. The first-order chi connectivity index (χ1) is 13.5. The molecule has 1 N–H and O–H groups in total. The summed E-state index contributed by atoms with van der Waals surface area (Å²) in [5, 5.41) is 8.00. The molecule has 9 heteroatoms. The Balaban J connectivity index is 1.46. The van der Waals surface area contributed by atoms with Gasteiger partial charge in [0.15, 0.2) is 11.2 Å². The minimum absolute atomic E-state index is 0.0573.